The van der Waals surface area contributed by atoms with Crippen molar-refractivity contribution >= 4 is 11.6 Å². The number of rotatable bonds is 6. The van der Waals surface area contributed by atoms with Crippen LogP contribution in [0.3, 0.4) is 0 Å². The minimum atomic E-state index is 0.216. The lowest BCUT2D eigenvalue weighted by Crippen LogP contribution is -2.60. The zero-order chi connectivity index (χ0) is 13.9. The maximum Gasteiger partial charge on any atom is 0.0721 e. The predicted molar refractivity (Wildman–Crippen MR) is 80.5 cm³/mol. The fourth-order valence-corrected chi connectivity index (χ4v) is 2.87. The number of ether oxygens (including phenoxy) is 1. The molecular formula is C16H24ClNO. The van der Waals surface area contributed by atoms with E-state index in [2.05, 4.69) is 32.2 Å². The van der Waals surface area contributed by atoms with Crippen LogP contribution in [0.25, 0.3) is 0 Å². The van der Waals surface area contributed by atoms with Crippen molar-refractivity contribution in [2.24, 2.45) is 5.41 Å². The summed E-state index contributed by atoms with van der Waals surface area (Å²) in [6, 6.07) is 8.48. The topological polar surface area (TPSA) is 21.3 Å². The largest absolute Gasteiger partial charge is 0.373 e. The molecular weight excluding hydrogens is 258 g/mol. The molecule has 1 aliphatic carbocycles. The summed E-state index contributed by atoms with van der Waals surface area (Å²) in [5.74, 6) is 0. The molecule has 2 unspecified atom stereocenters. The molecule has 1 aliphatic rings. The van der Waals surface area contributed by atoms with Crippen LogP contribution in [0.15, 0.2) is 24.3 Å². The van der Waals surface area contributed by atoms with E-state index in [-0.39, 0.29) is 5.41 Å². The van der Waals surface area contributed by atoms with E-state index in [9.17, 15) is 0 Å². The van der Waals surface area contributed by atoms with Gasteiger partial charge in [-0.25, -0.2) is 0 Å². The van der Waals surface area contributed by atoms with E-state index in [0.717, 1.165) is 23.6 Å². The third-order valence-electron chi connectivity index (χ3n) is 4.16. The van der Waals surface area contributed by atoms with Crippen molar-refractivity contribution in [1.29, 1.82) is 0 Å². The summed E-state index contributed by atoms with van der Waals surface area (Å²) in [7, 11) is 0. The molecule has 1 N–H and O–H groups in total. The van der Waals surface area contributed by atoms with Gasteiger partial charge in [0, 0.05) is 16.5 Å². The summed E-state index contributed by atoms with van der Waals surface area (Å²) in [6.07, 6.45) is 2.62. The molecule has 3 heteroatoms. The summed E-state index contributed by atoms with van der Waals surface area (Å²) >= 11 is 5.98. The van der Waals surface area contributed by atoms with Gasteiger partial charge in [0.05, 0.1) is 12.7 Å². The van der Waals surface area contributed by atoms with Gasteiger partial charge in [0.15, 0.2) is 0 Å². The first kappa shape index (κ1) is 14.8. The molecule has 2 nitrogen and oxygen atoms in total. The van der Waals surface area contributed by atoms with Crippen molar-refractivity contribution in [2.75, 3.05) is 6.54 Å². The molecule has 0 amide bonds. The van der Waals surface area contributed by atoms with E-state index in [1.54, 1.807) is 0 Å². The Morgan fingerprint density at radius 2 is 2.21 bits per heavy atom. The molecule has 0 bridgehead atoms. The predicted octanol–water partition coefficient (Wildman–Crippen LogP) is 4.02. The van der Waals surface area contributed by atoms with Crippen LogP contribution in [0.5, 0.6) is 0 Å². The van der Waals surface area contributed by atoms with Gasteiger partial charge in [0.25, 0.3) is 0 Å². The maximum absolute atomic E-state index is 6.05. The van der Waals surface area contributed by atoms with Gasteiger partial charge < -0.3 is 10.1 Å². The number of halogens is 1. The van der Waals surface area contributed by atoms with Crippen LogP contribution in [0.4, 0.5) is 0 Å². The molecule has 0 aromatic heterocycles. The van der Waals surface area contributed by atoms with Crippen molar-refractivity contribution in [3.63, 3.8) is 0 Å². The van der Waals surface area contributed by atoms with Crippen molar-refractivity contribution < 1.29 is 4.74 Å². The Morgan fingerprint density at radius 1 is 1.42 bits per heavy atom. The van der Waals surface area contributed by atoms with Crippen LogP contribution >= 0.6 is 11.6 Å². The molecule has 0 saturated heterocycles. The first-order chi connectivity index (χ1) is 9.04. The van der Waals surface area contributed by atoms with Gasteiger partial charge in [-0.3, -0.25) is 0 Å². The van der Waals surface area contributed by atoms with Gasteiger partial charge in [-0.15, -0.1) is 0 Å². The summed E-state index contributed by atoms with van der Waals surface area (Å²) < 4.78 is 6.05. The Bertz CT molecular complexity index is 419. The van der Waals surface area contributed by atoms with Gasteiger partial charge in [0.2, 0.25) is 0 Å². The Labute approximate surface area is 121 Å². The lowest BCUT2D eigenvalue weighted by molar-refractivity contribution is -0.124. The van der Waals surface area contributed by atoms with Crippen molar-refractivity contribution in [2.45, 2.75) is 52.4 Å². The average molecular weight is 282 g/mol. The summed E-state index contributed by atoms with van der Waals surface area (Å²) in [5, 5.41) is 4.37. The molecule has 0 heterocycles. The van der Waals surface area contributed by atoms with E-state index in [1.807, 2.05) is 18.2 Å². The molecule has 1 fully saturated rings. The molecule has 1 aromatic rings. The highest BCUT2D eigenvalue weighted by Gasteiger charge is 2.48. The van der Waals surface area contributed by atoms with Gasteiger partial charge in [-0.2, -0.15) is 0 Å². The highest BCUT2D eigenvalue weighted by Crippen LogP contribution is 2.43. The standard InChI is InChI=1S/C16H24ClNO/c1-4-8-18-14-10-15(16(14,2)3)19-11-12-6-5-7-13(17)9-12/h5-7,9,14-15,18H,4,8,10-11H2,1-3H3. The fraction of sp³-hybridized carbons (Fsp3) is 0.625. The van der Waals surface area contributed by atoms with Gasteiger partial charge >= 0.3 is 0 Å². The van der Waals surface area contributed by atoms with Gasteiger partial charge in [-0.05, 0) is 37.1 Å². The molecule has 19 heavy (non-hydrogen) atoms. The lowest BCUT2D eigenvalue weighted by atomic mass is 9.64. The van der Waals surface area contributed by atoms with Gasteiger partial charge in [-0.1, -0.05) is 44.5 Å². The van der Waals surface area contributed by atoms with Crippen molar-refractivity contribution in [1.82, 2.24) is 5.32 Å². The molecule has 2 atom stereocenters. The van der Waals surface area contributed by atoms with Crippen LogP contribution in [0, 0.1) is 5.41 Å². The van der Waals surface area contributed by atoms with Crippen molar-refractivity contribution in [3.8, 4) is 0 Å². The number of hydrogen-bond acceptors (Lipinski definition) is 2. The monoisotopic (exact) mass is 281 g/mol. The van der Waals surface area contributed by atoms with E-state index in [0.29, 0.717) is 18.8 Å². The maximum atomic E-state index is 6.05. The fourth-order valence-electron chi connectivity index (χ4n) is 2.66. The average Bonchev–Trinajstić information content (AvgIpc) is 2.37. The first-order valence-electron chi connectivity index (χ1n) is 7.13. The quantitative estimate of drug-likeness (QED) is 0.850. The number of nitrogens with one attached hydrogen (secondary N) is 1. The van der Waals surface area contributed by atoms with Crippen LogP contribution in [-0.4, -0.2) is 18.7 Å². The van der Waals surface area contributed by atoms with Gasteiger partial charge in [0.1, 0.15) is 0 Å². The Hall–Kier alpha value is -0.570. The zero-order valence-corrected chi connectivity index (χ0v) is 12.8. The van der Waals surface area contributed by atoms with Crippen LogP contribution in [0.1, 0.15) is 39.2 Å². The van der Waals surface area contributed by atoms with E-state index < -0.39 is 0 Å². The zero-order valence-electron chi connectivity index (χ0n) is 12.1. The third-order valence-corrected chi connectivity index (χ3v) is 4.39. The van der Waals surface area contributed by atoms with E-state index >= 15 is 0 Å². The molecule has 106 valence electrons. The summed E-state index contributed by atoms with van der Waals surface area (Å²) in [4.78, 5) is 0. The van der Waals surface area contributed by atoms with Crippen LogP contribution < -0.4 is 5.32 Å². The Morgan fingerprint density at radius 3 is 2.84 bits per heavy atom. The second kappa shape index (κ2) is 6.25. The highest BCUT2D eigenvalue weighted by molar-refractivity contribution is 6.30. The number of hydrogen-bond donors (Lipinski definition) is 1. The van der Waals surface area contributed by atoms with E-state index in [4.69, 9.17) is 16.3 Å². The van der Waals surface area contributed by atoms with Crippen molar-refractivity contribution in [3.05, 3.63) is 34.9 Å². The second-order valence-corrected chi connectivity index (χ2v) is 6.43. The second-order valence-electron chi connectivity index (χ2n) is 5.99. The highest BCUT2D eigenvalue weighted by atomic mass is 35.5. The van der Waals surface area contributed by atoms with Crippen LogP contribution in [0.2, 0.25) is 5.02 Å². The Kier molecular flexibility index (Phi) is 4.88. The smallest absolute Gasteiger partial charge is 0.0721 e. The summed E-state index contributed by atoms with van der Waals surface area (Å²) in [6.45, 7) is 8.51. The van der Waals surface area contributed by atoms with E-state index in [1.165, 1.54) is 6.42 Å². The minimum absolute atomic E-state index is 0.216. The third kappa shape index (κ3) is 3.50. The molecule has 0 spiro atoms. The SMILES string of the molecule is CCCNC1CC(OCc2cccc(Cl)c2)C1(C)C. The molecule has 0 aliphatic heterocycles. The lowest BCUT2D eigenvalue weighted by Gasteiger charge is -2.52. The molecule has 0 radical (unpaired) electrons. The molecule has 2 rings (SSSR count). The summed E-state index contributed by atoms with van der Waals surface area (Å²) in [5.41, 5.74) is 1.36. The molecule has 1 aromatic carbocycles. The van der Waals surface area contributed by atoms with Crippen LogP contribution in [-0.2, 0) is 11.3 Å². The Balaban J connectivity index is 1.82. The number of benzene rings is 1. The normalized spacial score (nSPS) is 25.1. The first-order valence-corrected chi connectivity index (χ1v) is 7.51. The molecule has 1 saturated carbocycles. The minimum Gasteiger partial charge on any atom is -0.373 e.